The molecule has 0 aromatic carbocycles. The number of aliphatic hydroxyl groups is 1. The van der Waals surface area contributed by atoms with Crippen LogP contribution in [0, 0.1) is 52.3 Å². The highest BCUT2D eigenvalue weighted by Gasteiger charge is 2.61. The van der Waals surface area contributed by atoms with Crippen molar-refractivity contribution < 1.29 is 14.6 Å². The SMILES string of the molecule is CC(=O)O[C@@H]1C[C@@]2(C)[C@@H](CC[C@@H]3[C@@H]2CC[C@]2(C)[C@@H]([C@H](C)CCCC(C)C)CC[C@@H]32)C[C@H]1O. The molecular weight excluding hydrogens is 396 g/mol. The van der Waals surface area contributed by atoms with Crippen molar-refractivity contribution in [3.63, 3.8) is 0 Å². The van der Waals surface area contributed by atoms with Crippen LogP contribution in [-0.4, -0.2) is 23.3 Å². The van der Waals surface area contributed by atoms with Gasteiger partial charge in [0.2, 0.25) is 0 Å². The van der Waals surface area contributed by atoms with Gasteiger partial charge in [-0.3, -0.25) is 4.79 Å². The van der Waals surface area contributed by atoms with Crippen molar-refractivity contribution in [2.45, 2.75) is 124 Å². The molecule has 0 aromatic heterocycles. The van der Waals surface area contributed by atoms with Crippen LogP contribution in [0.25, 0.3) is 0 Å². The summed E-state index contributed by atoms with van der Waals surface area (Å²) in [6.07, 6.45) is 13.2. The van der Waals surface area contributed by atoms with Crippen LogP contribution in [0.1, 0.15) is 112 Å². The summed E-state index contributed by atoms with van der Waals surface area (Å²) in [7, 11) is 0. The fraction of sp³-hybridized carbons (Fsp3) is 0.966. The van der Waals surface area contributed by atoms with Crippen molar-refractivity contribution in [2.75, 3.05) is 0 Å². The van der Waals surface area contributed by atoms with Crippen molar-refractivity contribution in [1.82, 2.24) is 0 Å². The monoisotopic (exact) mass is 446 g/mol. The van der Waals surface area contributed by atoms with Crippen molar-refractivity contribution >= 4 is 5.97 Å². The Morgan fingerprint density at radius 2 is 1.72 bits per heavy atom. The minimum Gasteiger partial charge on any atom is -0.460 e. The smallest absolute Gasteiger partial charge is 0.302 e. The highest BCUT2D eigenvalue weighted by atomic mass is 16.6. The van der Waals surface area contributed by atoms with Gasteiger partial charge in [-0.25, -0.2) is 0 Å². The van der Waals surface area contributed by atoms with E-state index in [2.05, 4.69) is 34.6 Å². The number of hydrogen-bond donors (Lipinski definition) is 1. The average molecular weight is 447 g/mol. The molecule has 4 saturated carbocycles. The van der Waals surface area contributed by atoms with E-state index in [1.54, 1.807) is 0 Å². The summed E-state index contributed by atoms with van der Waals surface area (Å²) in [6, 6.07) is 0. The number of carbonyl (C=O) groups excluding carboxylic acids is 1. The first kappa shape index (κ1) is 24.6. The molecule has 184 valence electrons. The van der Waals surface area contributed by atoms with Gasteiger partial charge >= 0.3 is 5.97 Å². The molecule has 0 saturated heterocycles. The molecule has 0 amide bonds. The molecule has 1 N–H and O–H groups in total. The molecule has 0 heterocycles. The molecule has 4 rings (SSSR count). The molecule has 4 aliphatic carbocycles. The first-order chi connectivity index (χ1) is 15.1. The zero-order chi connectivity index (χ0) is 23.3. The van der Waals surface area contributed by atoms with E-state index in [4.69, 9.17) is 4.74 Å². The van der Waals surface area contributed by atoms with Crippen LogP contribution in [0.15, 0.2) is 0 Å². The van der Waals surface area contributed by atoms with E-state index in [1.807, 2.05) is 0 Å². The Kier molecular flexibility index (Phi) is 7.08. The molecule has 0 bridgehead atoms. The third-order valence-electron chi connectivity index (χ3n) is 11.2. The van der Waals surface area contributed by atoms with E-state index in [-0.39, 0.29) is 17.5 Å². The molecule has 3 nitrogen and oxygen atoms in total. The second-order valence-electron chi connectivity index (χ2n) is 13.3. The zero-order valence-electron chi connectivity index (χ0n) is 21.7. The first-order valence-electron chi connectivity index (χ1n) is 13.9. The predicted octanol–water partition coefficient (Wildman–Crippen LogP) is 7.01. The lowest BCUT2D eigenvalue weighted by atomic mass is 9.44. The van der Waals surface area contributed by atoms with Gasteiger partial charge in [-0.15, -0.1) is 0 Å². The van der Waals surface area contributed by atoms with Crippen LogP contribution in [-0.2, 0) is 9.53 Å². The Morgan fingerprint density at radius 3 is 2.41 bits per heavy atom. The summed E-state index contributed by atoms with van der Waals surface area (Å²) in [5, 5.41) is 10.7. The van der Waals surface area contributed by atoms with Crippen LogP contribution in [0.5, 0.6) is 0 Å². The minimum absolute atomic E-state index is 0.213. The lowest BCUT2D eigenvalue weighted by Crippen LogP contribution is -2.57. The third-order valence-corrected chi connectivity index (χ3v) is 11.2. The van der Waals surface area contributed by atoms with E-state index >= 15 is 0 Å². The lowest BCUT2D eigenvalue weighted by Gasteiger charge is -2.62. The summed E-state index contributed by atoms with van der Waals surface area (Å²) in [6.45, 7) is 13.9. The van der Waals surface area contributed by atoms with Crippen molar-refractivity contribution in [2.24, 2.45) is 52.3 Å². The topological polar surface area (TPSA) is 46.5 Å². The fourth-order valence-corrected chi connectivity index (χ4v) is 9.61. The standard InChI is InChI=1S/C29H50O3/c1-18(2)8-7-9-19(3)23-12-13-24-22-11-10-21-16-26(31)27(32-20(4)30)17-29(21,6)25(22)14-15-28(23,24)5/h18-19,21-27,31H,7-17H2,1-6H3/t19-,21+,22+,23-,24+,25+,26-,27-,28-,29+/m1/s1. The third kappa shape index (κ3) is 4.29. The van der Waals surface area contributed by atoms with E-state index in [0.717, 1.165) is 48.3 Å². The molecule has 4 fully saturated rings. The normalized spacial score (nSPS) is 46.8. The number of aliphatic hydroxyl groups excluding tert-OH is 1. The van der Waals surface area contributed by atoms with E-state index in [9.17, 15) is 9.90 Å². The van der Waals surface area contributed by atoms with Crippen LogP contribution >= 0.6 is 0 Å². The van der Waals surface area contributed by atoms with Crippen LogP contribution in [0.2, 0.25) is 0 Å². The number of fused-ring (bicyclic) bond motifs is 5. The highest BCUT2D eigenvalue weighted by Crippen LogP contribution is 2.68. The molecule has 4 aliphatic rings. The molecular formula is C29H50O3. The minimum atomic E-state index is -0.482. The van der Waals surface area contributed by atoms with E-state index < -0.39 is 6.10 Å². The Bertz CT molecular complexity index is 673. The largest absolute Gasteiger partial charge is 0.460 e. The summed E-state index contributed by atoms with van der Waals surface area (Å²) in [5.74, 6) is 5.35. The van der Waals surface area contributed by atoms with Gasteiger partial charge in [0.15, 0.2) is 0 Å². The Labute approximate surface area is 197 Å². The maximum Gasteiger partial charge on any atom is 0.302 e. The summed E-state index contributed by atoms with van der Waals surface area (Å²) in [5.41, 5.74) is 0.732. The number of esters is 1. The fourth-order valence-electron chi connectivity index (χ4n) is 9.61. The number of rotatable bonds is 6. The molecule has 0 aliphatic heterocycles. The Balaban J connectivity index is 1.48. The number of hydrogen-bond acceptors (Lipinski definition) is 3. The zero-order valence-corrected chi connectivity index (χ0v) is 21.7. The van der Waals surface area contributed by atoms with Gasteiger partial charge in [0.1, 0.15) is 6.10 Å². The second kappa shape index (κ2) is 9.23. The van der Waals surface area contributed by atoms with Crippen LogP contribution in [0.3, 0.4) is 0 Å². The molecule has 32 heavy (non-hydrogen) atoms. The molecule has 10 atom stereocenters. The Morgan fingerprint density at radius 1 is 1.00 bits per heavy atom. The predicted molar refractivity (Wildman–Crippen MR) is 130 cm³/mol. The van der Waals surface area contributed by atoms with Gasteiger partial charge in [-0.1, -0.05) is 53.9 Å². The number of ether oxygens (including phenoxy) is 1. The molecule has 3 heteroatoms. The van der Waals surface area contributed by atoms with Gasteiger partial charge in [0.05, 0.1) is 6.10 Å². The van der Waals surface area contributed by atoms with Crippen molar-refractivity contribution in [3.8, 4) is 0 Å². The average Bonchev–Trinajstić information content (AvgIpc) is 3.05. The quantitative estimate of drug-likeness (QED) is 0.446. The summed E-state index contributed by atoms with van der Waals surface area (Å²) < 4.78 is 5.62. The molecule has 0 unspecified atom stereocenters. The highest BCUT2D eigenvalue weighted by molar-refractivity contribution is 5.66. The Hall–Kier alpha value is -0.570. The molecule has 0 radical (unpaired) electrons. The summed E-state index contributed by atoms with van der Waals surface area (Å²) in [4.78, 5) is 11.7. The molecule has 0 spiro atoms. The maximum absolute atomic E-state index is 11.7. The second-order valence-corrected chi connectivity index (χ2v) is 13.3. The van der Waals surface area contributed by atoms with Gasteiger partial charge in [0, 0.05) is 6.92 Å². The van der Waals surface area contributed by atoms with Gasteiger partial charge in [-0.05, 0) is 104 Å². The number of carbonyl (C=O) groups is 1. The van der Waals surface area contributed by atoms with Gasteiger partial charge in [-0.2, -0.15) is 0 Å². The summed E-state index contributed by atoms with van der Waals surface area (Å²) >= 11 is 0. The van der Waals surface area contributed by atoms with Crippen LogP contribution < -0.4 is 0 Å². The maximum atomic E-state index is 11.7. The lowest BCUT2D eigenvalue weighted by molar-refractivity contribution is -0.183. The van der Waals surface area contributed by atoms with Crippen molar-refractivity contribution in [3.05, 3.63) is 0 Å². The molecule has 0 aromatic rings. The first-order valence-corrected chi connectivity index (χ1v) is 13.9. The van der Waals surface area contributed by atoms with Gasteiger partial charge in [0.25, 0.3) is 0 Å². The van der Waals surface area contributed by atoms with Gasteiger partial charge < -0.3 is 9.84 Å². The van der Waals surface area contributed by atoms with Crippen molar-refractivity contribution in [1.29, 1.82) is 0 Å². The van der Waals surface area contributed by atoms with E-state index in [1.165, 1.54) is 64.7 Å². The van der Waals surface area contributed by atoms with E-state index in [0.29, 0.717) is 11.3 Å². The van der Waals surface area contributed by atoms with Crippen LogP contribution in [0.4, 0.5) is 0 Å².